The second-order valence-corrected chi connectivity index (χ2v) is 7.63. The van der Waals surface area contributed by atoms with Crippen LogP contribution in [0.4, 0.5) is 0 Å². The molecule has 0 atom stereocenters. The number of nitrogens with one attached hydrogen (secondary N) is 1. The summed E-state index contributed by atoms with van der Waals surface area (Å²) < 4.78 is 5.77. The van der Waals surface area contributed by atoms with Crippen LogP contribution in [0.2, 0.25) is 0 Å². The van der Waals surface area contributed by atoms with Crippen LogP contribution in [0, 0.1) is 5.92 Å². The minimum Gasteiger partial charge on any atom is -0.494 e. The minimum absolute atomic E-state index is 0.109. The van der Waals surface area contributed by atoms with Gasteiger partial charge in [-0.25, -0.2) is 0 Å². The Balaban J connectivity index is 1.37. The molecule has 1 aromatic heterocycles. The van der Waals surface area contributed by atoms with E-state index in [-0.39, 0.29) is 11.5 Å². The van der Waals surface area contributed by atoms with Crippen LogP contribution in [0.5, 0.6) is 5.75 Å². The summed E-state index contributed by atoms with van der Waals surface area (Å²) in [6.07, 6.45) is 9.09. The van der Waals surface area contributed by atoms with E-state index in [4.69, 9.17) is 4.74 Å². The van der Waals surface area contributed by atoms with Gasteiger partial charge < -0.3 is 14.6 Å². The second kappa shape index (κ2) is 9.58. The third-order valence-corrected chi connectivity index (χ3v) is 5.52. The van der Waals surface area contributed by atoms with Gasteiger partial charge in [-0.1, -0.05) is 32.1 Å². The molecule has 2 aromatic rings. The van der Waals surface area contributed by atoms with E-state index < -0.39 is 0 Å². The first-order chi connectivity index (χ1) is 13.1. The number of pyridine rings is 1. The van der Waals surface area contributed by atoms with E-state index in [1.54, 1.807) is 6.07 Å². The van der Waals surface area contributed by atoms with Gasteiger partial charge in [0.2, 0.25) is 11.5 Å². The van der Waals surface area contributed by atoms with Crippen LogP contribution in [0.25, 0.3) is 10.9 Å². The lowest BCUT2D eigenvalue weighted by Crippen LogP contribution is -2.29. The lowest BCUT2D eigenvalue weighted by atomic mass is 9.87. The van der Waals surface area contributed by atoms with Gasteiger partial charge in [-0.05, 0) is 43.0 Å². The highest BCUT2D eigenvalue weighted by Gasteiger charge is 2.15. The second-order valence-electron chi connectivity index (χ2n) is 7.63. The smallest absolute Gasteiger partial charge is 0.248 e. The maximum absolute atomic E-state index is 12.3. The molecule has 0 radical (unpaired) electrons. The van der Waals surface area contributed by atoms with Crippen molar-refractivity contribution in [3.8, 4) is 5.75 Å². The molecule has 1 aliphatic rings. The van der Waals surface area contributed by atoms with Crippen LogP contribution in [-0.4, -0.2) is 36.0 Å². The highest BCUT2D eigenvalue weighted by molar-refractivity contribution is 5.79. The largest absolute Gasteiger partial charge is 0.494 e. The Kier molecular flexibility index (Phi) is 6.91. The molecule has 1 heterocycles. The number of rotatable bonds is 8. The van der Waals surface area contributed by atoms with Crippen LogP contribution in [0.3, 0.4) is 0 Å². The minimum atomic E-state index is -0.109. The number of H-pyrrole nitrogens is 1. The summed E-state index contributed by atoms with van der Waals surface area (Å²) >= 11 is 0. The van der Waals surface area contributed by atoms with Gasteiger partial charge in [0.25, 0.3) is 0 Å². The van der Waals surface area contributed by atoms with Crippen molar-refractivity contribution >= 4 is 16.8 Å². The van der Waals surface area contributed by atoms with Gasteiger partial charge in [-0.15, -0.1) is 0 Å². The zero-order chi connectivity index (χ0) is 19.1. The summed E-state index contributed by atoms with van der Waals surface area (Å²) in [5, 5.41) is 0.936. The van der Waals surface area contributed by atoms with Gasteiger partial charge in [0.05, 0.1) is 6.61 Å². The molecule has 5 heteroatoms. The van der Waals surface area contributed by atoms with E-state index in [1.807, 2.05) is 30.1 Å². The summed E-state index contributed by atoms with van der Waals surface area (Å²) in [6, 6.07) is 8.88. The summed E-state index contributed by atoms with van der Waals surface area (Å²) in [4.78, 5) is 28.2. The fourth-order valence-electron chi connectivity index (χ4n) is 3.80. The first-order valence-corrected chi connectivity index (χ1v) is 10.1. The van der Waals surface area contributed by atoms with Gasteiger partial charge in [-0.2, -0.15) is 0 Å². The molecule has 1 amide bonds. The molecular weight excluding hydrogens is 340 g/mol. The predicted octanol–water partition coefficient (Wildman–Crippen LogP) is 4.12. The average molecular weight is 370 g/mol. The van der Waals surface area contributed by atoms with Gasteiger partial charge in [0.15, 0.2) is 0 Å². The fourth-order valence-corrected chi connectivity index (χ4v) is 3.80. The molecule has 0 spiro atoms. The third kappa shape index (κ3) is 5.84. The van der Waals surface area contributed by atoms with E-state index in [1.165, 1.54) is 38.2 Å². The Morgan fingerprint density at radius 1 is 1.19 bits per heavy atom. The third-order valence-electron chi connectivity index (χ3n) is 5.52. The van der Waals surface area contributed by atoms with Crippen molar-refractivity contribution in [1.82, 2.24) is 9.88 Å². The van der Waals surface area contributed by atoms with Crippen molar-refractivity contribution in [2.45, 2.75) is 51.4 Å². The Bertz CT molecular complexity index is 809. The van der Waals surface area contributed by atoms with Crippen LogP contribution >= 0.6 is 0 Å². The number of hydrogen-bond acceptors (Lipinski definition) is 3. The Morgan fingerprint density at radius 2 is 2.00 bits per heavy atom. The quantitative estimate of drug-likeness (QED) is 0.711. The molecule has 1 aliphatic carbocycles. The van der Waals surface area contributed by atoms with Crippen molar-refractivity contribution in [2.24, 2.45) is 5.92 Å². The molecule has 146 valence electrons. The molecule has 0 aliphatic heterocycles. The first kappa shape index (κ1) is 19.5. The number of hydrogen-bond donors (Lipinski definition) is 1. The first-order valence-electron chi connectivity index (χ1n) is 10.1. The van der Waals surface area contributed by atoms with E-state index in [9.17, 15) is 9.59 Å². The maximum Gasteiger partial charge on any atom is 0.248 e. The number of carbonyl (C=O) groups excluding carboxylic acids is 1. The van der Waals surface area contributed by atoms with Crippen molar-refractivity contribution < 1.29 is 9.53 Å². The topological polar surface area (TPSA) is 62.4 Å². The van der Waals surface area contributed by atoms with Crippen LogP contribution in [0.1, 0.15) is 51.4 Å². The highest BCUT2D eigenvalue weighted by atomic mass is 16.5. The predicted molar refractivity (Wildman–Crippen MR) is 108 cm³/mol. The number of benzene rings is 1. The highest BCUT2D eigenvalue weighted by Crippen LogP contribution is 2.26. The molecule has 1 aromatic carbocycles. The normalized spacial score (nSPS) is 15.0. The molecule has 1 fully saturated rings. The number of amides is 1. The summed E-state index contributed by atoms with van der Waals surface area (Å²) in [6.45, 7) is 1.38. The number of nitrogens with zero attached hydrogens (tertiary/aromatic N) is 1. The van der Waals surface area contributed by atoms with Gasteiger partial charge in [0, 0.05) is 37.0 Å². The Labute approximate surface area is 160 Å². The lowest BCUT2D eigenvalue weighted by molar-refractivity contribution is -0.130. The summed E-state index contributed by atoms with van der Waals surface area (Å²) in [5.74, 6) is 1.76. The van der Waals surface area contributed by atoms with E-state index in [0.29, 0.717) is 19.4 Å². The molecule has 1 saturated carbocycles. The summed E-state index contributed by atoms with van der Waals surface area (Å²) in [5.41, 5.74) is 0.687. The molecule has 1 N–H and O–H groups in total. The maximum atomic E-state index is 12.3. The SMILES string of the molecule is CN(CCC1CCCCC1)C(=O)CCCOc1ccc2[nH]c(=O)ccc2c1. The summed E-state index contributed by atoms with van der Waals surface area (Å²) in [7, 11) is 1.91. The van der Waals surface area contributed by atoms with Crippen LogP contribution in [-0.2, 0) is 4.79 Å². The molecule has 5 nitrogen and oxygen atoms in total. The van der Waals surface area contributed by atoms with Crippen molar-refractivity contribution in [3.63, 3.8) is 0 Å². The zero-order valence-electron chi connectivity index (χ0n) is 16.2. The standard InChI is InChI=1S/C22H30N2O3/c1-24(14-13-17-6-3-2-4-7-17)22(26)8-5-15-27-19-10-11-20-18(16-19)9-12-21(25)23-20/h9-12,16-17H,2-8,13-15H2,1H3,(H,23,25). The molecule has 0 unspecified atom stereocenters. The number of fused-ring (bicyclic) bond motifs is 1. The van der Waals surface area contributed by atoms with Crippen LogP contribution < -0.4 is 10.3 Å². The number of aromatic amines is 1. The number of ether oxygens (including phenoxy) is 1. The molecule has 0 saturated heterocycles. The molecule has 27 heavy (non-hydrogen) atoms. The van der Waals surface area contributed by atoms with Crippen molar-refractivity contribution in [1.29, 1.82) is 0 Å². The monoisotopic (exact) mass is 370 g/mol. The van der Waals surface area contributed by atoms with Crippen LogP contribution in [0.15, 0.2) is 35.1 Å². The van der Waals surface area contributed by atoms with Crippen molar-refractivity contribution in [3.05, 3.63) is 40.7 Å². The average Bonchev–Trinajstić information content (AvgIpc) is 2.70. The van der Waals surface area contributed by atoms with Gasteiger partial charge in [0.1, 0.15) is 5.75 Å². The van der Waals surface area contributed by atoms with Crippen molar-refractivity contribution in [2.75, 3.05) is 20.2 Å². The Morgan fingerprint density at radius 3 is 2.81 bits per heavy atom. The molecular formula is C22H30N2O3. The van der Waals surface area contributed by atoms with E-state index in [0.717, 1.165) is 35.5 Å². The number of carbonyl (C=O) groups is 1. The van der Waals surface area contributed by atoms with Gasteiger partial charge >= 0.3 is 0 Å². The zero-order valence-corrected chi connectivity index (χ0v) is 16.2. The number of aromatic nitrogens is 1. The van der Waals surface area contributed by atoms with E-state index in [2.05, 4.69) is 4.98 Å². The molecule has 0 bridgehead atoms. The fraction of sp³-hybridized carbons (Fsp3) is 0.545. The van der Waals surface area contributed by atoms with E-state index >= 15 is 0 Å². The molecule has 3 rings (SSSR count). The van der Waals surface area contributed by atoms with Gasteiger partial charge in [-0.3, -0.25) is 9.59 Å². The lowest BCUT2D eigenvalue weighted by Gasteiger charge is -2.24. The Hall–Kier alpha value is -2.30.